The van der Waals surface area contributed by atoms with Gasteiger partial charge in [-0.1, -0.05) is 30.3 Å². The third kappa shape index (κ3) is 12.5. The number of halogens is 2. The van der Waals surface area contributed by atoms with Crippen LogP contribution in [-0.4, -0.2) is 116 Å². The highest BCUT2D eigenvalue weighted by molar-refractivity contribution is 6.35. The predicted molar refractivity (Wildman–Crippen MR) is 275 cm³/mol. The molecule has 394 valence electrons. The van der Waals surface area contributed by atoms with Crippen LogP contribution in [0.25, 0.3) is 11.1 Å². The Balaban J connectivity index is 0.836. The number of hydrogen-bond acceptors (Lipinski definition) is 8. The van der Waals surface area contributed by atoms with Gasteiger partial charge in [-0.05, 0) is 172 Å². The molecule has 2 aliphatic heterocycles. The van der Waals surface area contributed by atoms with Gasteiger partial charge in [0.2, 0.25) is 0 Å². The van der Waals surface area contributed by atoms with Gasteiger partial charge in [0, 0.05) is 82.4 Å². The lowest BCUT2D eigenvalue weighted by Gasteiger charge is -2.34. The fourth-order valence-electron chi connectivity index (χ4n) is 10.8. The summed E-state index contributed by atoms with van der Waals surface area (Å²) in [7, 11) is 3.27. The van der Waals surface area contributed by atoms with Crippen LogP contribution in [0.5, 0.6) is 0 Å². The van der Waals surface area contributed by atoms with Gasteiger partial charge >= 0.3 is 35.7 Å². The summed E-state index contributed by atoms with van der Waals surface area (Å²) >= 11 is 0. The van der Waals surface area contributed by atoms with Gasteiger partial charge in [0.1, 0.15) is 11.6 Å². The average molecular weight is 1020 g/mol. The molecule has 0 aromatic heterocycles. The topological polar surface area (TPSA) is 204 Å². The summed E-state index contributed by atoms with van der Waals surface area (Å²) in [6, 6.07) is 20.0. The number of likely N-dealkylation sites (N-methyl/N-ethyl adjacent to an activating group) is 2. The highest BCUT2D eigenvalue weighted by atomic mass is 19.1. The van der Waals surface area contributed by atoms with E-state index in [2.05, 4.69) is 21.3 Å². The Hall–Kier alpha value is -6.92. The minimum absolute atomic E-state index is 0.0285. The number of rotatable bonds is 11. The van der Waals surface area contributed by atoms with Crippen molar-refractivity contribution in [3.63, 3.8) is 0 Å². The molecule has 8 rings (SSSR count). The Morgan fingerprint density at radius 1 is 0.568 bits per heavy atom. The van der Waals surface area contributed by atoms with Crippen molar-refractivity contribution in [3.8, 4) is 11.1 Å². The summed E-state index contributed by atoms with van der Waals surface area (Å²) < 4.78 is 31.5. The van der Waals surface area contributed by atoms with Crippen LogP contribution >= 0.6 is 0 Å². The minimum Gasteiger partial charge on any atom is -0.389 e. The van der Waals surface area contributed by atoms with E-state index in [1.54, 1.807) is 57.7 Å². The van der Waals surface area contributed by atoms with Gasteiger partial charge in [0.25, 0.3) is 0 Å². The molecule has 4 aromatic rings. The minimum atomic E-state index is -1.13. The van der Waals surface area contributed by atoms with Crippen molar-refractivity contribution < 1.29 is 47.8 Å². The number of amides is 8. The van der Waals surface area contributed by atoms with Crippen molar-refractivity contribution in [2.75, 3.05) is 37.8 Å². The van der Waals surface area contributed by atoms with E-state index in [1.165, 1.54) is 28.0 Å². The second-order valence-corrected chi connectivity index (χ2v) is 21.8. The van der Waals surface area contributed by atoms with Gasteiger partial charge in [0.15, 0.2) is 0 Å². The lowest BCUT2D eigenvalue weighted by molar-refractivity contribution is -0.147. The number of urea groups is 2. The highest BCUT2D eigenvalue weighted by Crippen LogP contribution is 2.42. The molecule has 2 aliphatic carbocycles. The third-order valence-corrected chi connectivity index (χ3v) is 15.1. The Morgan fingerprint density at radius 2 is 0.986 bits per heavy atom. The number of carbonyl (C=O) groups excluding carboxylic acids is 6. The smallest absolute Gasteiger partial charge is 0.322 e. The summed E-state index contributed by atoms with van der Waals surface area (Å²) in [6.45, 7) is 6.67. The van der Waals surface area contributed by atoms with Crippen LogP contribution in [0.4, 0.5) is 29.7 Å². The molecule has 0 saturated heterocycles. The summed E-state index contributed by atoms with van der Waals surface area (Å²) in [5.41, 5.74) is 4.14. The maximum absolute atomic E-state index is 16.1. The van der Waals surface area contributed by atoms with Gasteiger partial charge in [-0.25, -0.2) is 18.4 Å². The molecule has 2 saturated carbocycles. The van der Waals surface area contributed by atoms with Gasteiger partial charge in [-0.15, -0.1) is 0 Å². The Morgan fingerprint density at radius 3 is 1.42 bits per heavy atom. The van der Waals surface area contributed by atoms with Crippen LogP contribution in [0.3, 0.4) is 0 Å². The summed E-state index contributed by atoms with van der Waals surface area (Å²) in [5.74, 6) is -3.39. The monoisotopic (exact) mass is 1020 g/mol. The molecule has 4 aromatic carbocycles. The second kappa shape index (κ2) is 21.9. The van der Waals surface area contributed by atoms with E-state index in [9.17, 15) is 39.0 Å². The van der Waals surface area contributed by atoms with Crippen LogP contribution in [0.1, 0.15) is 124 Å². The molecule has 74 heavy (non-hydrogen) atoms. The van der Waals surface area contributed by atoms with E-state index < -0.39 is 52.5 Å². The van der Waals surface area contributed by atoms with Gasteiger partial charge in [-0.3, -0.25) is 19.2 Å². The van der Waals surface area contributed by atoms with Crippen molar-refractivity contribution in [1.29, 1.82) is 0 Å². The first-order valence-electron chi connectivity index (χ1n) is 25.5. The van der Waals surface area contributed by atoms with Crippen molar-refractivity contribution in [2.45, 2.75) is 140 Å². The lowest BCUT2D eigenvalue weighted by Crippen LogP contribution is -2.49. The van der Waals surface area contributed by atoms with E-state index in [4.69, 9.17) is 0 Å². The Labute approximate surface area is 430 Å². The zero-order chi connectivity index (χ0) is 53.2. The van der Waals surface area contributed by atoms with Gasteiger partial charge in [0.05, 0.1) is 11.2 Å². The summed E-state index contributed by atoms with van der Waals surface area (Å²) in [6.07, 6.45) is 6.12. The molecule has 2 fully saturated rings. The molecule has 0 spiro atoms. The first-order chi connectivity index (χ1) is 35.0. The Kier molecular flexibility index (Phi) is 15.8. The fraction of sp³-hybridized carbons (Fsp3) is 0.464. The normalized spacial score (nSPS) is 19.5. The van der Waals surface area contributed by atoms with E-state index in [-0.39, 0.29) is 74.8 Å². The van der Waals surface area contributed by atoms with E-state index in [0.717, 1.165) is 68.1 Å². The molecule has 4 aliphatic rings. The molecule has 6 N–H and O–H groups in total. The maximum Gasteiger partial charge on any atom is 0.322 e. The molecule has 0 bridgehead atoms. The molecule has 0 atom stereocenters. The van der Waals surface area contributed by atoms with Crippen LogP contribution in [0.15, 0.2) is 72.8 Å². The predicted octanol–water partition coefficient (Wildman–Crippen LogP) is 7.47. The zero-order valence-corrected chi connectivity index (χ0v) is 43.0. The summed E-state index contributed by atoms with van der Waals surface area (Å²) in [4.78, 5) is 83.9. The van der Waals surface area contributed by atoms with Gasteiger partial charge < -0.3 is 51.1 Å². The second-order valence-electron chi connectivity index (χ2n) is 21.8. The molecular formula is C56H68F2N8O8. The standard InChI is InChI=1S/C56H68F2N8O8/c1-55(2,73)31-59-49(67)51(69)63(5)42-20-11-35(12-21-42)33-7-16-40(17-8-33)61-53(71)65-27-37-15-24-47(58)48(46(37)30-65)44-26-39(57)25-38-28-66(29-45(38)44)54(72)62-41-18-9-34(10-19-41)36-13-22-43(23-14-36)64(6)52(70)50(68)60-32-56(3,4)74/h7-10,15-19,24-26,35-36,42-43,73-74H,11-14,20-23,27-32H2,1-6H3,(H,59,67)(H,60,68)(H,61,71)(H,62,72). The number of nitrogens with zero attached hydrogens (tertiary/aromatic N) is 4. The molecule has 18 heteroatoms. The first kappa shape index (κ1) is 53.4. The van der Waals surface area contributed by atoms with Crippen LogP contribution in [-0.2, 0) is 45.4 Å². The van der Waals surface area contributed by atoms with E-state index in [1.807, 2.05) is 48.5 Å². The van der Waals surface area contributed by atoms with E-state index >= 15 is 8.78 Å². The Bertz CT molecular complexity index is 2780. The summed E-state index contributed by atoms with van der Waals surface area (Å²) in [5, 5.41) is 30.7. The number of carbonyl (C=O) groups is 6. The van der Waals surface area contributed by atoms with Crippen LogP contribution in [0, 0.1) is 11.6 Å². The maximum atomic E-state index is 16.1. The van der Waals surface area contributed by atoms with Crippen molar-refractivity contribution in [1.82, 2.24) is 30.2 Å². The molecule has 0 unspecified atom stereocenters. The molecular weight excluding hydrogens is 951 g/mol. The number of anilines is 2. The molecule has 16 nitrogen and oxygen atoms in total. The SMILES string of the molecule is CN(C(=O)C(=O)NCC(C)(C)O)C1CCC(c2ccc(NC(=O)N3Cc4cc(F)cc(-c5c(F)ccc6c5CN(C(=O)Nc5ccc(C7CCC(N(C)C(=O)C(=O)NCC(C)(C)O)CC7)cc5)C6)c4C3)cc2)CC1. The van der Waals surface area contributed by atoms with Gasteiger partial charge in [-0.2, -0.15) is 0 Å². The average Bonchev–Trinajstić information content (AvgIpc) is 4.02. The van der Waals surface area contributed by atoms with Crippen LogP contribution in [0.2, 0.25) is 0 Å². The van der Waals surface area contributed by atoms with Crippen molar-refractivity contribution >= 4 is 47.1 Å². The zero-order valence-electron chi connectivity index (χ0n) is 43.0. The number of benzene rings is 4. The highest BCUT2D eigenvalue weighted by Gasteiger charge is 2.35. The number of fused-ring (bicyclic) bond motifs is 2. The molecule has 8 amide bonds. The lowest BCUT2D eigenvalue weighted by atomic mass is 9.81. The van der Waals surface area contributed by atoms with Crippen LogP contribution < -0.4 is 21.3 Å². The quantitative estimate of drug-likeness (QED) is 0.0830. The first-order valence-corrected chi connectivity index (χ1v) is 25.5. The number of hydrogen-bond donors (Lipinski definition) is 6. The number of aliphatic hydroxyl groups is 2. The van der Waals surface area contributed by atoms with E-state index in [0.29, 0.717) is 33.6 Å². The molecule has 0 radical (unpaired) electrons. The van der Waals surface area contributed by atoms with Crippen molar-refractivity contribution in [2.24, 2.45) is 0 Å². The third-order valence-electron chi connectivity index (χ3n) is 15.1. The number of nitrogens with one attached hydrogen (secondary N) is 4. The van der Waals surface area contributed by atoms with Crippen molar-refractivity contribution in [3.05, 3.63) is 118 Å². The fourth-order valence-corrected chi connectivity index (χ4v) is 10.8. The largest absolute Gasteiger partial charge is 0.389 e. The molecule has 2 heterocycles.